The molecule has 20 aromatic heterocycles. The summed E-state index contributed by atoms with van der Waals surface area (Å²) >= 11 is 1.78. The van der Waals surface area contributed by atoms with Gasteiger partial charge in [-0.05, 0) is 91.0 Å². The molecule has 0 atom stereocenters. The van der Waals surface area contributed by atoms with Crippen molar-refractivity contribution in [2.45, 2.75) is 32.7 Å². The number of benzene rings is 1. The van der Waals surface area contributed by atoms with Crippen LogP contribution in [0.1, 0.15) is 32.6 Å². The lowest BCUT2D eigenvalue weighted by Gasteiger charge is -2.04. The second-order valence-corrected chi connectivity index (χ2v) is 27.0. The Morgan fingerprint density at radius 3 is 1.41 bits per heavy atom. The summed E-state index contributed by atoms with van der Waals surface area (Å²) in [6.45, 7) is 1.69. The van der Waals surface area contributed by atoms with Crippen LogP contribution < -0.4 is 22.8 Å². The number of hydrogen-bond acceptors (Lipinski definition) is 12. The van der Waals surface area contributed by atoms with Crippen molar-refractivity contribution in [2.75, 3.05) is 0 Å². The Kier molecular flexibility index (Phi) is 11.5. The first-order chi connectivity index (χ1) is 52.1. The van der Waals surface area contributed by atoms with Gasteiger partial charge in [-0.25, -0.2) is 22.8 Å². The molecule has 5 aliphatic rings. The number of nitrogens with zero attached hydrogens (tertiary/aromatic N) is 23. The van der Waals surface area contributed by atoms with E-state index in [-0.39, 0.29) is 0 Å². The van der Waals surface area contributed by atoms with Crippen LogP contribution in [0.4, 0.5) is 0 Å². The normalized spacial score (nSPS) is 13.5. The van der Waals surface area contributed by atoms with E-state index in [0.29, 0.717) is 17.7 Å². The molecule has 0 unspecified atom stereocenters. The van der Waals surface area contributed by atoms with Crippen molar-refractivity contribution in [2.24, 2.45) is 14.0 Å². The van der Waals surface area contributed by atoms with Crippen LogP contribution in [-0.2, 0) is 46.7 Å². The van der Waals surface area contributed by atoms with E-state index in [1.54, 1.807) is 42.2 Å². The summed E-state index contributed by atoms with van der Waals surface area (Å²) in [7, 11) is 2.10. The Labute approximate surface area is 590 Å². The van der Waals surface area contributed by atoms with Gasteiger partial charge in [0.25, 0.3) is 48.1 Å². The predicted octanol–water partition coefficient (Wildman–Crippen LogP) is 10.1. The van der Waals surface area contributed by atoms with Crippen LogP contribution in [0.2, 0.25) is 0 Å². The number of aryl methyl sites for hydroxylation is 2. The predicted molar refractivity (Wildman–Crippen MR) is 384 cm³/mol. The molecule has 0 saturated heterocycles. The standard InChI is InChI=1S/C20H14N5.2C15H12N5.C14H9N4O.C14H9N4S/c1-2-5-14(6-3-1)25-17-8-10-21-11-18(17)24-13-23-12-16-15(7-4-9-22-16)19(23)20(24)25;2*1-18-12-4-6-16-7-13(12)20-9-19-8-11-10(3-2-5-17-11)14(19)15(18)20;1-2-9-10(16-4-1)7-17-8-18-11-6-15-5-3-12(11)19-14(18)13(9)17;1-2-9-10(16-4-1)7-17-8-13-18(14(9)17)11-3-5-15-6-12(11)19-13/h1-11,13H,12H2;2*2-7,9H,8H2,1H3;2*1-6,8H,7H2/q5*+1/i;1D3;;;. The van der Waals surface area contributed by atoms with E-state index in [1.165, 1.54) is 64.7 Å². The minimum atomic E-state index is -2.28. The first kappa shape index (κ1) is 54.1. The number of fused-ring (bicyclic) bond motifs is 35. The minimum Gasteiger partial charge on any atom is -0.415 e. The van der Waals surface area contributed by atoms with Gasteiger partial charge in [-0.2, -0.15) is 22.0 Å². The molecule has 0 saturated carbocycles. The SMILES string of the molecule is Cn1c2ccncc2n2c[n+]3c(c12)-c1cccnc1C3.[2H]C([2H])([2H])n1c2ccncc2n2c[n+]3c(c12)-c1cccnc1C3.c1ccc(-n2c3ccncc3n3c[n+]4c(c23)-c2cccnc2C4)cc1.c1cnc2c(c1)-c1c3oc4ccncc4n3c[n+]1C2.c1cnc2c(c1)-c1n3c(c[n+]1C2)sc1cnccc13. The number of imidazole rings is 8. The molecule has 0 radical (unpaired) electrons. The van der Waals surface area contributed by atoms with Crippen LogP contribution >= 0.6 is 11.3 Å². The Morgan fingerprint density at radius 2 is 0.825 bits per heavy atom. The van der Waals surface area contributed by atoms with Crippen molar-refractivity contribution in [3.8, 4) is 62.1 Å². The van der Waals surface area contributed by atoms with Gasteiger partial charge in [0, 0.05) is 104 Å². The molecule has 1 aromatic carbocycles. The highest BCUT2D eigenvalue weighted by atomic mass is 32.1. The molecule has 103 heavy (non-hydrogen) atoms. The lowest BCUT2D eigenvalue weighted by molar-refractivity contribution is -0.671. The third kappa shape index (κ3) is 8.35. The summed E-state index contributed by atoms with van der Waals surface area (Å²) in [5.74, 6) is 1.23. The van der Waals surface area contributed by atoms with Crippen molar-refractivity contribution in [3.63, 3.8) is 0 Å². The molecule has 0 aliphatic carbocycles. The van der Waals surface area contributed by atoms with E-state index in [2.05, 4.69) is 189 Å². The number of para-hydroxylation sites is 1. The van der Waals surface area contributed by atoms with Gasteiger partial charge in [-0.15, -0.1) is 0 Å². The molecule has 25 heteroatoms. The number of thiazole rings is 1. The van der Waals surface area contributed by atoms with Gasteiger partial charge in [-0.1, -0.05) is 29.5 Å². The summed E-state index contributed by atoms with van der Waals surface area (Å²) in [6.07, 6.45) is 37.9. The first-order valence-electron chi connectivity index (χ1n) is 35.1. The molecule has 5 aliphatic heterocycles. The number of oxazole rings is 1. The zero-order chi connectivity index (χ0) is 70.2. The lowest BCUT2D eigenvalue weighted by atomic mass is 10.2. The van der Waals surface area contributed by atoms with Gasteiger partial charge in [0.1, 0.15) is 44.4 Å². The topological polar surface area (TPSA) is 198 Å². The third-order valence-corrected chi connectivity index (χ3v) is 21.4. The van der Waals surface area contributed by atoms with Crippen molar-refractivity contribution >= 4 is 93.2 Å². The molecule has 26 rings (SSSR count). The average molecular weight is 1370 g/mol. The zero-order valence-corrected chi connectivity index (χ0v) is 55.5. The van der Waals surface area contributed by atoms with Crippen LogP contribution in [-0.4, -0.2) is 85.5 Å². The highest BCUT2D eigenvalue weighted by Crippen LogP contribution is 2.39. The minimum absolute atomic E-state index is 0.649. The molecular formula is C78H56N23OS+5. The van der Waals surface area contributed by atoms with Crippen molar-refractivity contribution in [1.82, 2.24) is 85.5 Å². The molecule has 0 amide bonds. The Balaban J connectivity index is 0.0000000830. The summed E-state index contributed by atoms with van der Waals surface area (Å²) in [4.78, 5) is 44.7. The molecule has 0 bridgehead atoms. The van der Waals surface area contributed by atoms with E-state index in [9.17, 15) is 0 Å². The third-order valence-electron chi connectivity index (χ3n) is 20.3. The highest BCUT2D eigenvalue weighted by molar-refractivity contribution is 7.23. The number of aromatic nitrogens is 23. The fraction of sp³-hybridized carbons (Fsp3) is 0.0897. The van der Waals surface area contributed by atoms with Crippen LogP contribution in [0.15, 0.2) is 250 Å². The zero-order valence-electron chi connectivity index (χ0n) is 57.7. The Morgan fingerprint density at radius 1 is 0.388 bits per heavy atom. The van der Waals surface area contributed by atoms with Crippen molar-refractivity contribution < 1.29 is 31.4 Å². The molecular weight excluding hydrogens is 1310 g/mol. The lowest BCUT2D eigenvalue weighted by Crippen LogP contribution is -2.29. The smallest absolute Gasteiger partial charge is 0.344 e. The van der Waals surface area contributed by atoms with E-state index < -0.39 is 6.98 Å². The van der Waals surface area contributed by atoms with Gasteiger partial charge < -0.3 is 13.6 Å². The molecule has 25 heterocycles. The van der Waals surface area contributed by atoms with Crippen LogP contribution in [0.5, 0.6) is 0 Å². The maximum atomic E-state index is 7.98. The second-order valence-electron chi connectivity index (χ2n) is 25.9. The van der Waals surface area contributed by atoms with Crippen molar-refractivity contribution in [3.05, 3.63) is 274 Å². The fourth-order valence-electron chi connectivity index (χ4n) is 16.0. The monoisotopic (exact) mass is 1370 g/mol. The van der Waals surface area contributed by atoms with Gasteiger partial charge in [0.15, 0.2) is 33.2 Å². The Hall–Kier alpha value is -13.8. The molecule has 490 valence electrons. The van der Waals surface area contributed by atoms with Gasteiger partial charge in [-0.3, -0.25) is 54.4 Å². The van der Waals surface area contributed by atoms with Gasteiger partial charge in [0.05, 0.1) is 96.8 Å². The summed E-state index contributed by atoms with van der Waals surface area (Å²) in [5.41, 5.74) is 29.8. The van der Waals surface area contributed by atoms with Crippen molar-refractivity contribution in [1.29, 1.82) is 0 Å². The summed E-state index contributed by atoms with van der Waals surface area (Å²) < 4.78 is 58.8. The summed E-state index contributed by atoms with van der Waals surface area (Å²) in [6, 6.07) is 40.7. The maximum absolute atomic E-state index is 7.98. The largest absolute Gasteiger partial charge is 0.415 e. The molecule has 0 fully saturated rings. The van der Waals surface area contributed by atoms with E-state index in [4.69, 9.17) is 8.53 Å². The first-order valence-corrected chi connectivity index (χ1v) is 34.4. The van der Waals surface area contributed by atoms with Gasteiger partial charge >= 0.3 is 5.71 Å². The van der Waals surface area contributed by atoms with Crippen LogP contribution in [0.3, 0.4) is 0 Å². The maximum Gasteiger partial charge on any atom is 0.344 e. The summed E-state index contributed by atoms with van der Waals surface area (Å²) in [5, 5.41) is 0. The number of hydrogen-bond donors (Lipinski definition) is 0. The van der Waals surface area contributed by atoms with E-state index in [1.807, 2.05) is 136 Å². The second kappa shape index (κ2) is 21.8. The highest BCUT2D eigenvalue weighted by Gasteiger charge is 2.39. The molecule has 0 spiro atoms. The van der Waals surface area contributed by atoms with Crippen LogP contribution in [0.25, 0.3) is 144 Å². The van der Waals surface area contributed by atoms with E-state index >= 15 is 0 Å². The quantitative estimate of drug-likeness (QED) is 0.142. The Bertz CT molecular complexity index is 7240. The number of rotatable bonds is 1. The molecule has 24 nitrogen and oxygen atoms in total. The van der Waals surface area contributed by atoms with Crippen LogP contribution in [0, 0.1) is 0 Å². The van der Waals surface area contributed by atoms with Gasteiger partial charge in [0.2, 0.25) is 27.6 Å². The number of pyridine rings is 10. The van der Waals surface area contributed by atoms with E-state index in [0.717, 1.165) is 127 Å². The molecule has 0 N–H and O–H groups in total. The molecule has 21 aromatic rings. The average Bonchev–Trinajstić information content (AvgIpc) is 1.59. The fourth-order valence-corrected chi connectivity index (χ4v) is 17.1.